The van der Waals surface area contributed by atoms with Gasteiger partial charge in [0, 0.05) is 18.9 Å². The van der Waals surface area contributed by atoms with E-state index in [2.05, 4.69) is 20.6 Å². The van der Waals surface area contributed by atoms with Crippen molar-refractivity contribution in [1.29, 1.82) is 0 Å². The minimum absolute atomic E-state index is 0.0612. The second kappa shape index (κ2) is 8.99. The molecule has 0 saturated heterocycles. The molecule has 0 aliphatic rings. The minimum Gasteiger partial charge on any atom is -0.355 e. The normalized spacial score (nSPS) is 10.7. The quantitative estimate of drug-likeness (QED) is 0.603. The third kappa shape index (κ3) is 4.97. The number of nitrogens with zero attached hydrogens (tertiary/aromatic N) is 1. The molecule has 2 aromatic carbocycles. The van der Waals surface area contributed by atoms with Crippen molar-refractivity contribution in [3.8, 4) is 0 Å². The molecule has 0 bridgehead atoms. The van der Waals surface area contributed by atoms with Gasteiger partial charge in [-0.15, -0.1) is 0 Å². The third-order valence-corrected chi connectivity index (χ3v) is 4.32. The number of aromatic amines is 1. The van der Waals surface area contributed by atoms with Crippen LogP contribution in [-0.2, 0) is 0 Å². The summed E-state index contributed by atoms with van der Waals surface area (Å²) in [5, 5.41) is 5.55. The van der Waals surface area contributed by atoms with Gasteiger partial charge in [0.2, 0.25) is 0 Å². The fourth-order valence-electron chi connectivity index (χ4n) is 2.53. The molecule has 3 rings (SSSR count). The molecule has 0 fully saturated rings. The highest BCUT2D eigenvalue weighted by Gasteiger charge is 2.10. The van der Waals surface area contributed by atoms with E-state index in [1.54, 1.807) is 54.6 Å². The molecule has 3 N–H and O–H groups in total. The number of carbonyl (C=O) groups is 2. The van der Waals surface area contributed by atoms with Gasteiger partial charge in [0.05, 0.1) is 10.6 Å². The number of carbonyl (C=O) groups excluding carboxylic acids is 2. The molecule has 146 valence electrons. The van der Waals surface area contributed by atoms with Gasteiger partial charge >= 0.3 is 0 Å². The monoisotopic (exact) mass is 408 g/mol. The van der Waals surface area contributed by atoms with Gasteiger partial charge in [-0.25, -0.2) is 4.98 Å². The molecular formula is C21H17ClN4O3. The van der Waals surface area contributed by atoms with E-state index in [-0.39, 0.29) is 11.5 Å². The molecule has 0 saturated carbocycles. The lowest BCUT2D eigenvalue weighted by atomic mass is 10.1. The Morgan fingerprint density at radius 1 is 1.03 bits per heavy atom. The molecule has 3 aromatic rings. The van der Waals surface area contributed by atoms with Crippen LogP contribution in [0.25, 0.3) is 12.2 Å². The maximum atomic E-state index is 12.4. The standard InChI is InChI=1S/C21H17ClN4O3/c1-23-19(27)16-12-24-18(26-21(16)29)10-9-13-5-4-6-14(11-13)25-20(28)15-7-2-3-8-17(15)22/h2-12H,1H3,(H,23,27)(H,25,28)(H,24,26,29)/b10-9+. The van der Waals surface area contributed by atoms with Crippen LogP contribution in [0.2, 0.25) is 5.02 Å². The van der Waals surface area contributed by atoms with Gasteiger partial charge in [0.25, 0.3) is 17.4 Å². The van der Waals surface area contributed by atoms with Gasteiger partial charge in [-0.05, 0) is 35.9 Å². The summed E-state index contributed by atoms with van der Waals surface area (Å²) in [7, 11) is 1.44. The summed E-state index contributed by atoms with van der Waals surface area (Å²) in [6.45, 7) is 0. The van der Waals surface area contributed by atoms with Crippen molar-refractivity contribution in [2.24, 2.45) is 0 Å². The predicted molar refractivity (Wildman–Crippen MR) is 113 cm³/mol. The SMILES string of the molecule is CNC(=O)c1cnc(/C=C/c2cccc(NC(=O)c3ccccc3Cl)c2)[nH]c1=O. The van der Waals surface area contributed by atoms with E-state index in [1.165, 1.54) is 13.2 Å². The summed E-state index contributed by atoms with van der Waals surface area (Å²) in [6.07, 6.45) is 4.55. The number of benzene rings is 2. The van der Waals surface area contributed by atoms with Crippen molar-refractivity contribution in [3.05, 3.63) is 92.6 Å². The number of hydrogen-bond acceptors (Lipinski definition) is 4. The summed E-state index contributed by atoms with van der Waals surface area (Å²) in [5.41, 5.74) is 1.16. The van der Waals surface area contributed by atoms with Crippen LogP contribution in [0.15, 0.2) is 59.5 Å². The number of anilines is 1. The van der Waals surface area contributed by atoms with Crippen LogP contribution < -0.4 is 16.2 Å². The Morgan fingerprint density at radius 2 is 1.83 bits per heavy atom. The molecule has 1 heterocycles. The van der Waals surface area contributed by atoms with E-state index in [9.17, 15) is 14.4 Å². The first-order chi connectivity index (χ1) is 14.0. The molecule has 0 radical (unpaired) electrons. The second-order valence-electron chi connectivity index (χ2n) is 5.98. The summed E-state index contributed by atoms with van der Waals surface area (Å²) < 4.78 is 0. The Hall–Kier alpha value is -3.71. The fraction of sp³-hybridized carbons (Fsp3) is 0.0476. The molecule has 0 atom stereocenters. The molecule has 8 heteroatoms. The molecule has 1 aromatic heterocycles. The lowest BCUT2D eigenvalue weighted by Crippen LogP contribution is -2.27. The molecule has 29 heavy (non-hydrogen) atoms. The molecule has 2 amide bonds. The van der Waals surface area contributed by atoms with Crippen molar-refractivity contribution >= 4 is 41.3 Å². The van der Waals surface area contributed by atoms with Crippen LogP contribution in [0, 0.1) is 0 Å². The van der Waals surface area contributed by atoms with Gasteiger partial charge < -0.3 is 15.6 Å². The molecule has 7 nitrogen and oxygen atoms in total. The van der Waals surface area contributed by atoms with Gasteiger partial charge in [-0.1, -0.05) is 41.9 Å². The van der Waals surface area contributed by atoms with Crippen molar-refractivity contribution in [2.45, 2.75) is 0 Å². The third-order valence-electron chi connectivity index (χ3n) is 3.99. The number of aromatic nitrogens is 2. The Kier molecular flexibility index (Phi) is 6.21. The average Bonchev–Trinajstić information content (AvgIpc) is 2.72. The van der Waals surface area contributed by atoms with E-state index in [0.29, 0.717) is 22.1 Å². The highest BCUT2D eigenvalue weighted by Crippen LogP contribution is 2.18. The topological polar surface area (TPSA) is 104 Å². The first-order valence-corrected chi connectivity index (χ1v) is 9.01. The summed E-state index contributed by atoms with van der Waals surface area (Å²) >= 11 is 6.05. The number of amides is 2. The van der Waals surface area contributed by atoms with Crippen LogP contribution in [0.4, 0.5) is 5.69 Å². The Labute approximate surface area is 171 Å². The molecule has 0 aliphatic heterocycles. The highest BCUT2D eigenvalue weighted by molar-refractivity contribution is 6.34. The number of rotatable bonds is 5. The number of nitrogens with one attached hydrogen (secondary N) is 3. The van der Waals surface area contributed by atoms with Crippen molar-refractivity contribution < 1.29 is 9.59 Å². The molecule has 0 spiro atoms. The summed E-state index contributed by atoms with van der Waals surface area (Å²) in [4.78, 5) is 42.5. The summed E-state index contributed by atoms with van der Waals surface area (Å²) in [6, 6.07) is 13.9. The number of H-pyrrole nitrogens is 1. The van der Waals surface area contributed by atoms with Crippen LogP contribution in [-0.4, -0.2) is 28.8 Å². The smallest absolute Gasteiger partial charge is 0.263 e. The number of halogens is 1. The van der Waals surface area contributed by atoms with Gasteiger partial charge in [-0.3, -0.25) is 14.4 Å². The van der Waals surface area contributed by atoms with E-state index in [0.717, 1.165) is 5.56 Å². The van der Waals surface area contributed by atoms with Crippen LogP contribution in [0.5, 0.6) is 0 Å². The lowest BCUT2D eigenvalue weighted by Gasteiger charge is -2.07. The van der Waals surface area contributed by atoms with E-state index in [4.69, 9.17) is 11.6 Å². The van der Waals surface area contributed by atoms with Crippen LogP contribution >= 0.6 is 11.6 Å². The second-order valence-corrected chi connectivity index (χ2v) is 6.39. The maximum Gasteiger partial charge on any atom is 0.263 e. The van der Waals surface area contributed by atoms with E-state index in [1.807, 2.05) is 6.07 Å². The number of hydrogen-bond donors (Lipinski definition) is 3. The Bertz CT molecular complexity index is 1150. The Balaban J connectivity index is 1.75. The van der Waals surface area contributed by atoms with Crippen molar-refractivity contribution in [3.63, 3.8) is 0 Å². The molecule has 0 unspecified atom stereocenters. The fourth-order valence-corrected chi connectivity index (χ4v) is 2.75. The first kappa shape index (κ1) is 20.0. The van der Waals surface area contributed by atoms with E-state index < -0.39 is 11.5 Å². The largest absolute Gasteiger partial charge is 0.355 e. The zero-order valence-electron chi connectivity index (χ0n) is 15.4. The van der Waals surface area contributed by atoms with Crippen LogP contribution in [0.3, 0.4) is 0 Å². The van der Waals surface area contributed by atoms with Gasteiger partial charge in [0.1, 0.15) is 11.4 Å². The van der Waals surface area contributed by atoms with Crippen molar-refractivity contribution in [1.82, 2.24) is 15.3 Å². The lowest BCUT2D eigenvalue weighted by molar-refractivity contribution is 0.0960. The maximum absolute atomic E-state index is 12.4. The minimum atomic E-state index is -0.528. The predicted octanol–water partition coefficient (Wildman–Crippen LogP) is 3.21. The highest BCUT2D eigenvalue weighted by atomic mass is 35.5. The van der Waals surface area contributed by atoms with Crippen molar-refractivity contribution in [2.75, 3.05) is 12.4 Å². The molecular weight excluding hydrogens is 392 g/mol. The van der Waals surface area contributed by atoms with Gasteiger partial charge in [-0.2, -0.15) is 0 Å². The average molecular weight is 409 g/mol. The van der Waals surface area contributed by atoms with E-state index >= 15 is 0 Å². The first-order valence-electron chi connectivity index (χ1n) is 8.63. The van der Waals surface area contributed by atoms with Gasteiger partial charge in [0.15, 0.2) is 0 Å². The van der Waals surface area contributed by atoms with Crippen LogP contribution in [0.1, 0.15) is 32.1 Å². The zero-order valence-corrected chi connectivity index (χ0v) is 16.2. The zero-order chi connectivity index (χ0) is 20.8. The Morgan fingerprint density at radius 3 is 2.55 bits per heavy atom. The summed E-state index contributed by atoms with van der Waals surface area (Å²) in [5.74, 6) is -0.517. The molecule has 0 aliphatic carbocycles.